The van der Waals surface area contributed by atoms with Gasteiger partial charge in [-0.15, -0.1) is 0 Å². The van der Waals surface area contributed by atoms with Crippen molar-refractivity contribution >= 4 is 33.5 Å². The fraction of sp³-hybridized carbons (Fsp3) is 0.360. The van der Waals surface area contributed by atoms with Crippen molar-refractivity contribution in [3.8, 4) is 11.4 Å². The van der Waals surface area contributed by atoms with E-state index in [0.717, 1.165) is 37.9 Å². The molecular formula is C25H24ClF3N4. The Balaban J connectivity index is 1.79. The molecule has 2 aromatic carbocycles. The zero-order chi connectivity index (χ0) is 23.2. The number of fused-ring (bicyclic) bond motifs is 3. The largest absolute Gasteiger partial charge is 0.435 e. The smallest absolute Gasteiger partial charge is 0.323 e. The van der Waals surface area contributed by atoms with E-state index >= 15 is 0 Å². The van der Waals surface area contributed by atoms with Gasteiger partial charge in [0.05, 0.1) is 16.1 Å². The normalized spacial score (nSPS) is 15.5. The second-order valence-corrected chi connectivity index (χ2v) is 9.13. The molecule has 3 heterocycles. The number of rotatable bonds is 4. The summed E-state index contributed by atoms with van der Waals surface area (Å²) in [5.74, 6) is 0.963. The molecule has 4 nitrogen and oxygen atoms in total. The number of nitrogens with one attached hydrogen (secondary N) is 1. The highest BCUT2D eigenvalue weighted by Crippen LogP contribution is 2.40. The summed E-state index contributed by atoms with van der Waals surface area (Å²) in [7, 11) is 0. The lowest BCUT2D eigenvalue weighted by Gasteiger charge is -2.23. The molecule has 8 heteroatoms. The molecule has 172 valence electrons. The molecule has 0 spiro atoms. The predicted molar refractivity (Wildman–Crippen MR) is 125 cm³/mol. The van der Waals surface area contributed by atoms with Crippen molar-refractivity contribution in [2.75, 3.05) is 13.1 Å². The number of aryl methyl sites for hydroxylation is 2. The van der Waals surface area contributed by atoms with Gasteiger partial charge in [-0.05, 0) is 69.0 Å². The van der Waals surface area contributed by atoms with Gasteiger partial charge in [0, 0.05) is 17.5 Å². The summed E-state index contributed by atoms with van der Waals surface area (Å²) in [6, 6.07) is 12.6. The van der Waals surface area contributed by atoms with Gasteiger partial charge in [-0.2, -0.15) is 13.2 Å². The molecule has 5 rings (SSSR count). The lowest BCUT2D eigenvalue weighted by atomic mass is 9.94. The van der Waals surface area contributed by atoms with Crippen LogP contribution in [0, 0.1) is 12.8 Å². The van der Waals surface area contributed by atoms with Gasteiger partial charge in [-0.25, -0.2) is 9.97 Å². The zero-order valence-corrected chi connectivity index (χ0v) is 19.0. The molecule has 1 aliphatic heterocycles. The number of hydrogen-bond donors (Lipinski definition) is 1. The fourth-order valence-corrected chi connectivity index (χ4v) is 4.96. The fourth-order valence-electron chi connectivity index (χ4n) is 4.74. The van der Waals surface area contributed by atoms with Crippen molar-refractivity contribution in [2.45, 2.75) is 38.9 Å². The molecule has 0 amide bonds. The number of alkyl halides is 3. The lowest BCUT2D eigenvalue weighted by molar-refractivity contribution is -0.139. The Bertz CT molecular complexity index is 1320. The first kappa shape index (κ1) is 22.2. The van der Waals surface area contributed by atoms with E-state index in [2.05, 4.69) is 15.3 Å². The van der Waals surface area contributed by atoms with Gasteiger partial charge in [-0.1, -0.05) is 35.9 Å². The Morgan fingerprint density at radius 1 is 1.09 bits per heavy atom. The summed E-state index contributed by atoms with van der Waals surface area (Å²) < 4.78 is 44.2. The van der Waals surface area contributed by atoms with Gasteiger partial charge in [0.15, 0.2) is 5.69 Å². The Morgan fingerprint density at radius 3 is 2.58 bits per heavy atom. The standard InChI is InChI=1S/C25H24ClF3N4/c1-15-6-7-18-20(14-15)31-23(25(27,28)29)21-22(18)33(13-10-16-8-11-30-12-9-16)24(32-21)17-4-2-3-5-19(17)26/h2-7,14,16,30H,8-13H2,1H3. The summed E-state index contributed by atoms with van der Waals surface area (Å²) in [6.07, 6.45) is -1.64. The van der Waals surface area contributed by atoms with Crippen LogP contribution in [0.15, 0.2) is 42.5 Å². The molecule has 0 radical (unpaired) electrons. The maximum atomic E-state index is 14.1. The third kappa shape index (κ3) is 4.20. The average molecular weight is 473 g/mol. The third-order valence-corrected chi connectivity index (χ3v) is 6.77. The minimum Gasteiger partial charge on any atom is -0.323 e. The number of piperidine rings is 1. The first-order valence-corrected chi connectivity index (χ1v) is 11.5. The molecule has 33 heavy (non-hydrogen) atoms. The number of halogens is 4. The third-order valence-electron chi connectivity index (χ3n) is 6.44. The molecular weight excluding hydrogens is 449 g/mol. The van der Waals surface area contributed by atoms with Gasteiger partial charge in [0.2, 0.25) is 0 Å². The van der Waals surface area contributed by atoms with Gasteiger partial charge in [0.1, 0.15) is 11.3 Å². The molecule has 4 aromatic rings. The molecule has 1 fully saturated rings. The van der Waals surface area contributed by atoms with E-state index in [-0.39, 0.29) is 5.52 Å². The molecule has 0 atom stereocenters. The lowest BCUT2D eigenvalue weighted by Crippen LogP contribution is -2.28. The van der Waals surface area contributed by atoms with E-state index in [4.69, 9.17) is 11.6 Å². The van der Waals surface area contributed by atoms with Crippen molar-refractivity contribution in [1.29, 1.82) is 0 Å². The van der Waals surface area contributed by atoms with Crippen molar-refractivity contribution in [3.63, 3.8) is 0 Å². The van der Waals surface area contributed by atoms with Crippen LogP contribution in [-0.2, 0) is 12.7 Å². The van der Waals surface area contributed by atoms with Crippen molar-refractivity contribution in [1.82, 2.24) is 19.9 Å². The minimum atomic E-state index is -4.62. The van der Waals surface area contributed by atoms with E-state index in [1.54, 1.807) is 24.3 Å². The van der Waals surface area contributed by atoms with Crippen LogP contribution in [0.5, 0.6) is 0 Å². The first-order chi connectivity index (χ1) is 15.8. The SMILES string of the molecule is Cc1ccc2c(c1)nc(C(F)(F)F)c1nc(-c3ccccc3Cl)n(CCC3CCNCC3)c12. The second kappa shape index (κ2) is 8.61. The quantitative estimate of drug-likeness (QED) is 0.363. The van der Waals surface area contributed by atoms with E-state index in [9.17, 15) is 13.2 Å². The summed E-state index contributed by atoms with van der Waals surface area (Å²) >= 11 is 6.48. The average Bonchev–Trinajstić information content (AvgIpc) is 3.16. The highest BCUT2D eigenvalue weighted by Gasteiger charge is 2.38. The van der Waals surface area contributed by atoms with Crippen LogP contribution >= 0.6 is 11.6 Å². The van der Waals surface area contributed by atoms with E-state index in [0.29, 0.717) is 45.3 Å². The number of nitrogens with zero attached hydrogens (tertiary/aromatic N) is 3. The van der Waals surface area contributed by atoms with E-state index in [1.165, 1.54) is 0 Å². The highest BCUT2D eigenvalue weighted by atomic mass is 35.5. The maximum Gasteiger partial charge on any atom is 0.435 e. The van der Waals surface area contributed by atoms with Crippen LogP contribution < -0.4 is 5.32 Å². The van der Waals surface area contributed by atoms with Gasteiger partial charge in [0.25, 0.3) is 0 Å². The first-order valence-electron chi connectivity index (χ1n) is 11.2. The summed E-state index contributed by atoms with van der Waals surface area (Å²) in [6.45, 7) is 4.35. The van der Waals surface area contributed by atoms with Crippen LogP contribution in [-0.4, -0.2) is 27.6 Å². The number of imidazole rings is 1. The van der Waals surface area contributed by atoms with Crippen molar-refractivity contribution in [2.24, 2.45) is 5.92 Å². The number of hydrogen-bond acceptors (Lipinski definition) is 3. The molecule has 0 bridgehead atoms. The molecule has 1 aliphatic rings. The predicted octanol–water partition coefficient (Wildman–Crippen LogP) is 6.62. The molecule has 0 unspecified atom stereocenters. The highest BCUT2D eigenvalue weighted by molar-refractivity contribution is 6.33. The van der Waals surface area contributed by atoms with Crippen LogP contribution in [0.2, 0.25) is 5.02 Å². The van der Waals surface area contributed by atoms with Crippen molar-refractivity contribution < 1.29 is 13.2 Å². The van der Waals surface area contributed by atoms with Gasteiger partial charge >= 0.3 is 6.18 Å². The Morgan fingerprint density at radius 2 is 1.85 bits per heavy atom. The topological polar surface area (TPSA) is 42.7 Å². The van der Waals surface area contributed by atoms with Crippen LogP contribution in [0.1, 0.15) is 30.5 Å². The Labute approximate surface area is 194 Å². The number of pyridine rings is 1. The van der Waals surface area contributed by atoms with E-state index in [1.807, 2.05) is 29.7 Å². The summed E-state index contributed by atoms with van der Waals surface area (Å²) in [5, 5.41) is 4.49. The van der Waals surface area contributed by atoms with Gasteiger partial charge in [-0.3, -0.25) is 0 Å². The molecule has 0 aliphatic carbocycles. The summed E-state index contributed by atoms with van der Waals surface area (Å²) in [4.78, 5) is 8.54. The van der Waals surface area contributed by atoms with Crippen molar-refractivity contribution in [3.05, 3.63) is 58.7 Å². The Hall–Kier alpha value is -2.64. The Kier molecular flexibility index (Phi) is 5.79. The van der Waals surface area contributed by atoms with Gasteiger partial charge < -0.3 is 9.88 Å². The van der Waals surface area contributed by atoms with E-state index < -0.39 is 11.9 Å². The zero-order valence-electron chi connectivity index (χ0n) is 18.2. The summed E-state index contributed by atoms with van der Waals surface area (Å²) in [5.41, 5.74) is 1.19. The van der Waals surface area contributed by atoms with Crippen LogP contribution in [0.25, 0.3) is 33.3 Å². The van der Waals surface area contributed by atoms with Crippen LogP contribution in [0.4, 0.5) is 13.2 Å². The number of aromatic nitrogens is 3. The second-order valence-electron chi connectivity index (χ2n) is 8.72. The minimum absolute atomic E-state index is 0.126. The molecule has 2 aromatic heterocycles. The molecule has 0 saturated carbocycles. The molecule has 1 saturated heterocycles. The maximum absolute atomic E-state index is 14.1. The molecule has 1 N–H and O–H groups in total. The number of benzene rings is 2. The monoisotopic (exact) mass is 472 g/mol. The van der Waals surface area contributed by atoms with Crippen LogP contribution in [0.3, 0.4) is 0 Å².